The third kappa shape index (κ3) is 2.66. The van der Waals surface area contributed by atoms with Crippen LogP contribution in [0.15, 0.2) is 24.4 Å². The Bertz CT molecular complexity index is 932. The van der Waals surface area contributed by atoms with E-state index >= 15 is 0 Å². The summed E-state index contributed by atoms with van der Waals surface area (Å²) in [5.41, 5.74) is 1.78. The van der Waals surface area contributed by atoms with Crippen LogP contribution in [0.1, 0.15) is 55.5 Å². The zero-order chi connectivity index (χ0) is 19.2. The van der Waals surface area contributed by atoms with Crippen LogP contribution in [0.2, 0.25) is 0 Å². The molecule has 1 spiro atoms. The first-order valence-corrected chi connectivity index (χ1v) is 9.74. The van der Waals surface area contributed by atoms with Crippen LogP contribution in [-0.2, 0) is 11.2 Å². The Hall–Kier alpha value is -2.63. The monoisotopic (exact) mass is 367 g/mol. The lowest BCUT2D eigenvalue weighted by atomic mass is 9.73. The second-order valence-corrected chi connectivity index (χ2v) is 7.76. The number of ketones is 1. The standard InChI is InChI=1S/C21H25N3O3/c1-3-14-8-6-9-15-16(11-22-18(14)15)17(25)12-24-19(26)21(23-20(24)27)10-5-4-7-13(21)2/h6,8-9,11,13,22H,3-5,7,10,12H2,1-2H3,(H,23,27)/t13-,21-/m0/s1. The molecule has 6 nitrogen and oxygen atoms in total. The molecule has 0 radical (unpaired) electrons. The summed E-state index contributed by atoms with van der Waals surface area (Å²) in [5.74, 6) is -0.386. The van der Waals surface area contributed by atoms with Crippen molar-refractivity contribution in [1.82, 2.24) is 15.2 Å². The van der Waals surface area contributed by atoms with Gasteiger partial charge >= 0.3 is 6.03 Å². The van der Waals surface area contributed by atoms with Gasteiger partial charge in [0.15, 0.2) is 5.78 Å². The number of hydrogen-bond acceptors (Lipinski definition) is 3. The van der Waals surface area contributed by atoms with Crippen LogP contribution >= 0.6 is 0 Å². The first kappa shape index (κ1) is 17.8. The van der Waals surface area contributed by atoms with Crippen molar-refractivity contribution in [3.63, 3.8) is 0 Å². The predicted molar refractivity (Wildman–Crippen MR) is 103 cm³/mol. The summed E-state index contributed by atoms with van der Waals surface area (Å²) >= 11 is 0. The summed E-state index contributed by atoms with van der Waals surface area (Å²) in [6.07, 6.45) is 6.09. The third-order valence-electron chi connectivity index (χ3n) is 6.29. The highest BCUT2D eigenvalue weighted by molar-refractivity contribution is 6.14. The first-order valence-electron chi connectivity index (χ1n) is 9.74. The van der Waals surface area contributed by atoms with Crippen molar-refractivity contribution in [3.8, 4) is 0 Å². The maximum atomic E-state index is 13.1. The van der Waals surface area contributed by atoms with Gasteiger partial charge in [0.2, 0.25) is 0 Å². The molecule has 2 N–H and O–H groups in total. The van der Waals surface area contributed by atoms with Gasteiger partial charge in [-0.1, -0.05) is 44.9 Å². The number of fused-ring (bicyclic) bond motifs is 1. The van der Waals surface area contributed by atoms with Gasteiger partial charge in [0.1, 0.15) is 5.54 Å². The highest BCUT2D eigenvalue weighted by Gasteiger charge is 2.55. The Labute approximate surface area is 158 Å². The van der Waals surface area contributed by atoms with E-state index in [0.29, 0.717) is 12.0 Å². The molecular weight excluding hydrogens is 342 g/mol. The Balaban J connectivity index is 1.60. The lowest BCUT2D eigenvalue weighted by Crippen LogP contribution is -2.54. The minimum atomic E-state index is -0.828. The Morgan fingerprint density at radius 3 is 2.85 bits per heavy atom. The van der Waals surface area contributed by atoms with Crippen molar-refractivity contribution in [2.24, 2.45) is 5.92 Å². The van der Waals surface area contributed by atoms with Gasteiger partial charge in [-0.25, -0.2) is 4.79 Å². The fourth-order valence-electron chi connectivity index (χ4n) is 4.61. The molecule has 0 bridgehead atoms. The van der Waals surface area contributed by atoms with Gasteiger partial charge in [0.05, 0.1) is 6.54 Å². The van der Waals surface area contributed by atoms with Gasteiger partial charge in [-0.3, -0.25) is 14.5 Å². The average molecular weight is 367 g/mol. The Morgan fingerprint density at radius 1 is 1.30 bits per heavy atom. The van der Waals surface area contributed by atoms with E-state index in [2.05, 4.69) is 17.2 Å². The highest BCUT2D eigenvalue weighted by Crippen LogP contribution is 2.38. The molecule has 0 unspecified atom stereocenters. The van der Waals surface area contributed by atoms with Crippen molar-refractivity contribution in [3.05, 3.63) is 35.5 Å². The van der Waals surface area contributed by atoms with E-state index < -0.39 is 11.6 Å². The van der Waals surface area contributed by atoms with Gasteiger partial charge in [-0.2, -0.15) is 0 Å². The average Bonchev–Trinajstić information content (AvgIpc) is 3.20. The van der Waals surface area contributed by atoms with E-state index in [1.54, 1.807) is 6.20 Å². The minimum absolute atomic E-state index is 0.0861. The third-order valence-corrected chi connectivity index (χ3v) is 6.29. The van der Waals surface area contributed by atoms with Crippen molar-refractivity contribution < 1.29 is 14.4 Å². The summed E-state index contributed by atoms with van der Waals surface area (Å²) in [7, 11) is 0. The number of nitrogens with zero attached hydrogens (tertiary/aromatic N) is 1. The molecular formula is C21H25N3O3. The minimum Gasteiger partial charge on any atom is -0.360 e. The molecule has 3 amide bonds. The summed E-state index contributed by atoms with van der Waals surface area (Å²) in [6.45, 7) is 3.85. The van der Waals surface area contributed by atoms with Crippen LogP contribution in [0.5, 0.6) is 0 Å². The van der Waals surface area contributed by atoms with E-state index in [4.69, 9.17) is 0 Å². The zero-order valence-electron chi connectivity index (χ0n) is 15.8. The van der Waals surface area contributed by atoms with Gasteiger partial charge < -0.3 is 10.3 Å². The fourth-order valence-corrected chi connectivity index (χ4v) is 4.61. The normalized spacial score (nSPS) is 25.4. The van der Waals surface area contributed by atoms with Crippen molar-refractivity contribution in [1.29, 1.82) is 0 Å². The van der Waals surface area contributed by atoms with E-state index in [9.17, 15) is 14.4 Å². The van der Waals surface area contributed by atoms with Gasteiger partial charge in [0, 0.05) is 22.7 Å². The zero-order valence-corrected chi connectivity index (χ0v) is 15.8. The molecule has 27 heavy (non-hydrogen) atoms. The van der Waals surface area contributed by atoms with E-state index in [0.717, 1.165) is 47.0 Å². The number of rotatable bonds is 4. The number of nitrogens with one attached hydrogen (secondary N) is 2. The van der Waals surface area contributed by atoms with Crippen LogP contribution < -0.4 is 5.32 Å². The molecule has 1 aromatic carbocycles. The van der Waals surface area contributed by atoms with Crippen molar-refractivity contribution in [2.45, 2.75) is 51.5 Å². The molecule has 2 fully saturated rings. The first-order chi connectivity index (χ1) is 13.0. The number of urea groups is 1. The SMILES string of the molecule is CCc1cccc2c(C(=O)CN3C(=O)N[C@]4(CCCC[C@@H]4C)C3=O)c[nH]c12. The Kier molecular flexibility index (Phi) is 4.29. The fraction of sp³-hybridized carbons (Fsp3) is 0.476. The molecule has 1 aromatic heterocycles. The number of carbonyl (C=O) groups is 3. The molecule has 2 aromatic rings. The smallest absolute Gasteiger partial charge is 0.325 e. The summed E-state index contributed by atoms with van der Waals surface area (Å²) in [4.78, 5) is 42.8. The predicted octanol–water partition coefficient (Wildman–Crippen LogP) is 3.41. The molecule has 1 saturated heterocycles. The number of para-hydroxylation sites is 1. The number of H-pyrrole nitrogens is 1. The van der Waals surface area contributed by atoms with Gasteiger partial charge in [-0.15, -0.1) is 0 Å². The summed E-state index contributed by atoms with van der Waals surface area (Å²) in [5, 5.41) is 3.74. The maximum absolute atomic E-state index is 13.1. The molecule has 2 heterocycles. The number of Topliss-reactive ketones (excluding diaryl/α,β-unsaturated/α-hetero) is 1. The second-order valence-electron chi connectivity index (χ2n) is 7.76. The number of aryl methyl sites for hydroxylation is 1. The molecule has 142 valence electrons. The van der Waals surface area contributed by atoms with Crippen molar-refractivity contribution >= 4 is 28.6 Å². The van der Waals surface area contributed by atoms with Gasteiger partial charge in [0.25, 0.3) is 5.91 Å². The number of benzene rings is 1. The molecule has 1 aliphatic heterocycles. The number of amides is 3. The molecule has 2 aliphatic rings. The quantitative estimate of drug-likeness (QED) is 0.642. The van der Waals surface area contributed by atoms with Crippen LogP contribution in [0.3, 0.4) is 0 Å². The van der Waals surface area contributed by atoms with Gasteiger partial charge in [-0.05, 0) is 30.7 Å². The molecule has 1 saturated carbocycles. The van der Waals surface area contributed by atoms with Crippen LogP contribution in [0.25, 0.3) is 10.9 Å². The lowest BCUT2D eigenvalue weighted by Gasteiger charge is -2.36. The van der Waals surface area contributed by atoms with E-state index in [1.165, 1.54) is 0 Å². The maximum Gasteiger partial charge on any atom is 0.325 e. The molecule has 2 atom stereocenters. The van der Waals surface area contributed by atoms with E-state index in [-0.39, 0.29) is 24.2 Å². The highest BCUT2D eigenvalue weighted by atomic mass is 16.2. The molecule has 1 aliphatic carbocycles. The topological polar surface area (TPSA) is 82.3 Å². The Morgan fingerprint density at radius 2 is 2.11 bits per heavy atom. The number of hydrogen-bond donors (Lipinski definition) is 2. The van der Waals surface area contributed by atoms with E-state index in [1.807, 2.05) is 25.1 Å². The number of aromatic amines is 1. The van der Waals surface area contributed by atoms with Crippen LogP contribution in [0.4, 0.5) is 4.79 Å². The lowest BCUT2D eigenvalue weighted by molar-refractivity contribution is -0.133. The molecule has 4 rings (SSSR count). The largest absolute Gasteiger partial charge is 0.360 e. The number of carbonyl (C=O) groups excluding carboxylic acids is 3. The molecule has 6 heteroatoms. The second kappa shape index (κ2) is 6.51. The van der Waals surface area contributed by atoms with Crippen molar-refractivity contribution in [2.75, 3.05) is 6.54 Å². The summed E-state index contributed by atoms with van der Waals surface area (Å²) in [6, 6.07) is 5.40. The number of imide groups is 1. The number of aromatic nitrogens is 1. The summed E-state index contributed by atoms with van der Waals surface area (Å²) < 4.78 is 0. The van der Waals surface area contributed by atoms with Crippen LogP contribution in [-0.4, -0.2) is 39.7 Å². The van der Waals surface area contributed by atoms with Crippen LogP contribution in [0, 0.1) is 5.92 Å².